The van der Waals surface area contributed by atoms with E-state index < -0.39 is 5.54 Å². The molecule has 1 heterocycles. The number of hydrogen-bond acceptors (Lipinski definition) is 3. The van der Waals surface area contributed by atoms with Gasteiger partial charge >= 0.3 is 0 Å². The van der Waals surface area contributed by atoms with E-state index in [1.165, 1.54) is 12.2 Å². The molecule has 4 nitrogen and oxygen atoms in total. The van der Waals surface area contributed by atoms with Crippen molar-refractivity contribution in [2.24, 2.45) is 5.92 Å². The van der Waals surface area contributed by atoms with Crippen LogP contribution in [0.1, 0.15) is 46.0 Å². The smallest absolute Gasteiger partial charge is 0.248 e. The van der Waals surface area contributed by atoms with Gasteiger partial charge in [-0.05, 0) is 57.5 Å². The third-order valence-corrected chi connectivity index (χ3v) is 5.27. The van der Waals surface area contributed by atoms with E-state index in [0.29, 0.717) is 12.5 Å². The van der Waals surface area contributed by atoms with Crippen molar-refractivity contribution < 1.29 is 9.59 Å². The molecule has 0 bridgehead atoms. The molecule has 0 aromatic rings. The van der Waals surface area contributed by atoms with Crippen LogP contribution < -0.4 is 5.32 Å². The van der Waals surface area contributed by atoms with Gasteiger partial charge in [-0.3, -0.25) is 9.59 Å². The lowest BCUT2D eigenvalue weighted by molar-refractivity contribution is -0.154. The maximum absolute atomic E-state index is 12.7. The fraction of sp³-hybridized carbons (Fsp3) is 0.867. The predicted molar refractivity (Wildman–Crippen MR) is 82.7 cm³/mol. The summed E-state index contributed by atoms with van der Waals surface area (Å²) < 4.78 is 0. The molecular weight excluding hydrogens is 272 g/mol. The Bertz CT molecular complexity index is 384. The zero-order chi connectivity index (χ0) is 14.8. The molecule has 1 saturated heterocycles. The normalized spacial score (nSPS) is 30.6. The van der Waals surface area contributed by atoms with E-state index >= 15 is 0 Å². The van der Waals surface area contributed by atoms with Crippen molar-refractivity contribution in [3.8, 4) is 0 Å². The third-order valence-electron chi connectivity index (χ3n) is 4.58. The van der Waals surface area contributed by atoms with Crippen molar-refractivity contribution in [2.75, 3.05) is 18.6 Å². The number of piperazine rings is 1. The average molecular weight is 298 g/mol. The Labute approximate surface area is 126 Å². The zero-order valence-electron chi connectivity index (χ0n) is 12.8. The van der Waals surface area contributed by atoms with Crippen molar-refractivity contribution in [3.63, 3.8) is 0 Å². The van der Waals surface area contributed by atoms with Gasteiger partial charge in [0, 0.05) is 6.54 Å². The largest absolute Gasteiger partial charge is 0.340 e. The Morgan fingerprint density at radius 2 is 2.00 bits per heavy atom. The fourth-order valence-corrected chi connectivity index (χ4v) is 3.46. The van der Waals surface area contributed by atoms with Crippen LogP contribution in [0.25, 0.3) is 0 Å². The summed E-state index contributed by atoms with van der Waals surface area (Å²) in [6, 6.07) is -0.324. The molecule has 1 aliphatic carbocycles. The lowest BCUT2D eigenvalue weighted by Crippen LogP contribution is -2.69. The molecule has 2 amide bonds. The van der Waals surface area contributed by atoms with E-state index in [0.717, 1.165) is 25.7 Å². The van der Waals surface area contributed by atoms with E-state index in [2.05, 4.69) is 11.6 Å². The maximum Gasteiger partial charge on any atom is 0.248 e. The standard InChI is InChI=1S/C15H26N2O2S/c1-11-13(18)16-15(2,12-7-8-12)14(19)17(11)9-5-4-6-10-20-3/h11-12H,4-10H2,1-3H3,(H,16,18). The van der Waals surface area contributed by atoms with Crippen molar-refractivity contribution in [1.82, 2.24) is 10.2 Å². The van der Waals surface area contributed by atoms with Crippen molar-refractivity contribution in [3.05, 3.63) is 0 Å². The molecule has 0 spiro atoms. The van der Waals surface area contributed by atoms with Crippen LogP contribution in [0.15, 0.2) is 0 Å². The maximum atomic E-state index is 12.7. The monoisotopic (exact) mass is 298 g/mol. The van der Waals surface area contributed by atoms with Crippen molar-refractivity contribution in [1.29, 1.82) is 0 Å². The number of nitrogens with zero attached hydrogens (tertiary/aromatic N) is 1. The number of carbonyl (C=O) groups is 2. The highest BCUT2D eigenvalue weighted by atomic mass is 32.2. The number of hydrogen-bond donors (Lipinski definition) is 1. The van der Waals surface area contributed by atoms with Crippen LogP contribution in [-0.2, 0) is 9.59 Å². The minimum Gasteiger partial charge on any atom is -0.340 e. The first-order valence-corrected chi connectivity index (χ1v) is 9.02. The predicted octanol–water partition coefficient (Wildman–Crippen LogP) is 2.04. The molecule has 0 aromatic carbocycles. The first kappa shape index (κ1) is 15.7. The average Bonchev–Trinajstić information content (AvgIpc) is 3.24. The Hall–Kier alpha value is -0.710. The number of nitrogens with one attached hydrogen (secondary N) is 1. The summed E-state index contributed by atoms with van der Waals surface area (Å²) in [6.45, 7) is 4.45. The quantitative estimate of drug-likeness (QED) is 0.732. The first-order chi connectivity index (χ1) is 9.50. The van der Waals surface area contributed by atoms with E-state index in [1.54, 1.807) is 4.90 Å². The van der Waals surface area contributed by atoms with E-state index in [-0.39, 0.29) is 17.9 Å². The van der Waals surface area contributed by atoms with Gasteiger partial charge in [0.2, 0.25) is 11.8 Å². The summed E-state index contributed by atoms with van der Waals surface area (Å²) in [5, 5.41) is 2.96. The van der Waals surface area contributed by atoms with Gasteiger partial charge < -0.3 is 10.2 Å². The van der Waals surface area contributed by atoms with Gasteiger partial charge in [0.05, 0.1) is 0 Å². The van der Waals surface area contributed by atoms with Gasteiger partial charge in [0.15, 0.2) is 0 Å². The van der Waals surface area contributed by atoms with Crippen LogP contribution in [-0.4, -0.2) is 46.8 Å². The molecule has 2 unspecified atom stereocenters. The van der Waals surface area contributed by atoms with E-state index in [9.17, 15) is 9.59 Å². The molecule has 1 N–H and O–H groups in total. The van der Waals surface area contributed by atoms with Gasteiger partial charge in [-0.25, -0.2) is 0 Å². The number of thioether (sulfide) groups is 1. The highest BCUT2D eigenvalue weighted by molar-refractivity contribution is 7.98. The van der Waals surface area contributed by atoms with Gasteiger partial charge in [0.25, 0.3) is 0 Å². The minimum atomic E-state index is -0.650. The summed E-state index contributed by atoms with van der Waals surface area (Å²) in [4.78, 5) is 26.6. The highest BCUT2D eigenvalue weighted by Crippen LogP contribution is 2.42. The molecule has 2 fully saturated rings. The van der Waals surface area contributed by atoms with Gasteiger partial charge in [-0.1, -0.05) is 6.42 Å². The highest BCUT2D eigenvalue weighted by Gasteiger charge is 2.54. The zero-order valence-corrected chi connectivity index (χ0v) is 13.6. The molecule has 0 radical (unpaired) electrons. The fourth-order valence-electron chi connectivity index (χ4n) is 2.97. The van der Waals surface area contributed by atoms with Crippen LogP contribution >= 0.6 is 11.8 Å². The molecule has 114 valence electrons. The van der Waals surface area contributed by atoms with Crippen LogP contribution in [0, 0.1) is 5.92 Å². The summed E-state index contributed by atoms with van der Waals surface area (Å²) in [5.41, 5.74) is -0.650. The van der Waals surface area contributed by atoms with E-state index in [4.69, 9.17) is 0 Å². The Kier molecular flexibility index (Phi) is 4.99. The van der Waals surface area contributed by atoms with Crippen LogP contribution in [0.2, 0.25) is 0 Å². The van der Waals surface area contributed by atoms with Crippen LogP contribution in [0.3, 0.4) is 0 Å². The van der Waals surface area contributed by atoms with Crippen molar-refractivity contribution in [2.45, 2.75) is 57.5 Å². The summed E-state index contributed by atoms with van der Waals surface area (Å²) >= 11 is 1.86. The Morgan fingerprint density at radius 3 is 2.60 bits per heavy atom. The molecular formula is C15H26N2O2S. The summed E-state index contributed by atoms with van der Waals surface area (Å²) in [6.07, 6.45) is 7.52. The molecule has 0 aromatic heterocycles. The van der Waals surface area contributed by atoms with Crippen LogP contribution in [0.4, 0.5) is 0 Å². The number of rotatable bonds is 7. The second-order valence-electron chi connectivity index (χ2n) is 6.19. The topological polar surface area (TPSA) is 49.4 Å². The molecule has 2 rings (SSSR count). The molecule has 5 heteroatoms. The second-order valence-corrected chi connectivity index (χ2v) is 7.18. The van der Waals surface area contributed by atoms with Gasteiger partial charge in [0.1, 0.15) is 11.6 Å². The molecule has 2 aliphatic rings. The number of unbranched alkanes of at least 4 members (excludes halogenated alkanes) is 2. The Morgan fingerprint density at radius 1 is 1.30 bits per heavy atom. The van der Waals surface area contributed by atoms with E-state index in [1.807, 2.05) is 25.6 Å². The number of carbonyl (C=O) groups excluding carboxylic acids is 2. The molecule has 1 aliphatic heterocycles. The van der Waals surface area contributed by atoms with Gasteiger partial charge in [-0.15, -0.1) is 0 Å². The first-order valence-electron chi connectivity index (χ1n) is 7.62. The SMILES string of the molecule is CSCCCCCN1C(=O)C(C)(C2CC2)NC(=O)C1C. The Balaban J connectivity index is 1.94. The molecule has 2 atom stereocenters. The van der Waals surface area contributed by atoms with Crippen molar-refractivity contribution >= 4 is 23.6 Å². The molecule has 20 heavy (non-hydrogen) atoms. The number of amides is 2. The summed E-state index contributed by atoms with van der Waals surface area (Å²) in [5.74, 6) is 1.63. The molecule has 1 saturated carbocycles. The minimum absolute atomic E-state index is 0.00288. The second kappa shape index (κ2) is 6.37. The summed E-state index contributed by atoms with van der Waals surface area (Å²) in [7, 11) is 0. The van der Waals surface area contributed by atoms with Gasteiger partial charge in [-0.2, -0.15) is 11.8 Å². The van der Waals surface area contributed by atoms with Crippen LogP contribution in [0.5, 0.6) is 0 Å². The lowest BCUT2D eigenvalue weighted by atomic mass is 9.89. The third kappa shape index (κ3) is 3.13. The lowest BCUT2D eigenvalue weighted by Gasteiger charge is -2.43.